The Labute approximate surface area is 114 Å². The normalized spacial score (nSPS) is 24.4. The van der Waals surface area contributed by atoms with Crippen molar-refractivity contribution in [3.63, 3.8) is 0 Å². The number of thiophene rings is 1. The first kappa shape index (κ1) is 13.1. The Morgan fingerprint density at radius 3 is 3.06 bits per heavy atom. The van der Waals surface area contributed by atoms with E-state index in [1.807, 2.05) is 0 Å². The van der Waals surface area contributed by atoms with E-state index in [0.717, 1.165) is 38.2 Å². The molecule has 17 heavy (non-hydrogen) atoms. The van der Waals surface area contributed by atoms with Crippen LogP contribution < -0.4 is 0 Å². The van der Waals surface area contributed by atoms with Crippen molar-refractivity contribution in [2.24, 2.45) is 11.1 Å². The highest BCUT2D eigenvalue weighted by atomic mass is 79.9. The van der Waals surface area contributed by atoms with Crippen molar-refractivity contribution in [2.75, 3.05) is 13.1 Å². The summed E-state index contributed by atoms with van der Waals surface area (Å²) in [6.45, 7) is 5.16. The van der Waals surface area contributed by atoms with Gasteiger partial charge in [0.25, 0.3) is 0 Å². The number of hydrogen-bond donors (Lipinski definition) is 1. The van der Waals surface area contributed by atoms with Gasteiger partial charge in [0.05, 0.1) is 5.71 Å². The third-order valence-corrected chi connectivity index (χ3v) is 4.94. The Morgan fingerprint density at radius 2 is 2.47 bits per heavy atom. The molecule has 0 radical (unpaired) electrons. The number of rotatable bonds is 3. The molecule has 1 aliphatic heterocycles. The van der Waals surface area contributed by atoms with Gasteiger partial charge in [0, 0.05) is 46.7 Å². The summed E-state index contributed by atoms with van der Waals surface area (Å²) in [6.07, 6.45) is 1.94. The molecule has 3 nitrogen and oxygen atoms in total. The minimum Gasteiger partial charge on any atom is -0.411 e. The zero-order valence-electron chi connectivity index (χ0n) is 9.90. The van der Waals surface area contributed by atoms with E-state index in [-0.39, 0.29) is 0 Å². The van der Waals surface area contributed by atoms with Gasteiger partial charge in [0.2, 0.25) is 0 Å². The molecule has 0 aliphatic carbocycles. The maximum absolute atomic E-state index is 8.94. The molecule has 1 unspecified atom stereocenters. The summed E-state index contributed by atoms with van der Waals surface area (Å²) in [5.74, 6) is 0.414. The van der Waals surface area contributed by atoms with E-state index in [1.165, 1.54) is 9.35 Å². The average Bonchev–Trinajstić information content (AvgIpc) is 2.74. The molecule has 94 valence electrons. The third-order valence-electron chi connectivity index (χ3n) is 3.26. The van der Waals surface area contributed by atoms with Crippen LogP contribution in [0.15, 0.2) is 21.1 Å². The van der Waals surface area contributed by atoms with Gasteiger partial charge < -0.3 is 5.21 Å². The predicted octanol–water partition coefficient (Wildman–Crippen LogP) is 3.57. The molecule has 0 bridgehead atoms. The Balaban J connectivity index is 1.96. The molecule has 1 atom stereocenters. The van der Waals surface area contributed by atoms with E-state index in [1.54, 1.807) is 11.3 Å². The fourth-order valence-corrected chi connectivity index (χ4v) is 3.77. The van der Waals surface area contributed by atoms with Crippen molar-refractivity contribution < 1.29 is 5.21 Å². The molecule has 2 rings (SSSR count). The number of piperidine rings is 1. The van der Waals surface area contributed by atoms with E-state index < -0.39 is 0 Å². The van der Waals surface area contributed by atoms with Crippen LogP contribution in [0.5, 0.6) is 0 Å². The second-order valence-corrected chi connectivity index (χ2v) is 6.32. The zero-order chi connectivity index (χ0) is 12.3. The van der Waals surface area contributed by atoms with Crippen LogP contribution in [0.25, 0.3) is 0 Å². The SMILES string of the molecule is CCC1CN(Cc2cc(Br)cs2)CCC1=NO. The summed E-state index contributed by atoms with van der Waals surface area (Å²) in [5, 5.41) is 14.5. The number of oxime groups is 1. The highest BCUT2D eigenvalue weighted by Gasteiger charge is 2.24. The van der Waals surface area contributed by atoms with Crippen LogP contribution in [0.3, 0.4) is 0 Å². The average molecular weight is 317 g/mol. The maximum Gasteiger partial charge on any atom is 0.0627 e. The molecule has 2 heterocycles. The predicted molar refractivity (Wildman–Crippen MR) is 74.9 cm³/mol. The van der Waals surface area contributed by atoms with Crippen molar-refractivity contribution in [3.8, 4) is 0 Å². The fourth-order valence-electron chi connectivity index (χ4n) is 2.28. The van der Waals surface area contributed by atoms with Crippen LogP contribution in [0.4, 0.5) is 0 Å². The van der Waals surface area contributed by atoms with Crippen LogP contribution in [-0.4, -0.2) is 28.9 Å². The largest absolute Gasteiger partial charge is 0.411 e. The van der Waals surface area contributed by atoms with Crippen molar-refractivity contribution in [2.45, 2.75) is 26.3 Å². The molecule has 0 amide bonds. The van der Waals surface area contributed by atoms with Gasteiger partial charge in [0.1, 0.15) is 0 Å². The monoisotopic (exact) mass is 316 g/mol. The molecular formula is C12H17BrN2OS. The zero-order valence-corrected chi connectivity index (χ0v) is 12.3. The lowest BCUT2D eigenvalue weighted by Gasteiger charge is -2.32. The number of halogens is 1. The molecule has 0 saturated carbocycles. The summed E-state index contributed by atoms with van der Waals surface area (Å²) in [6, 6.07) is 2.18. The molecule has 0 spiro atoms. The smallest absolute Gasteiger partial charge is 0.0627 e. The summed E-state index contributed by atoms with van der Waals surface area (Å²) >= 11 is 5.27. The van der Waals surface area contributed by atoms with Gasteiger partial charge in [-0.3, -0.25) is 4.90 Å². The molecule has 1 saturated heterocycles. The fraction of sp³-hybridized carbons (Fsp3) is 0.583. The second-order valence-electron chi connectivity index (χ2n) is 4.41. The van der Waals surface area contributed by atoms with Gasteiger partial charge in [-0.15, -0.1) is 11.3 Å². The molecular weight excluding hydrogens is 300 g/mol. The summed E-state index contributed by atoms with van der Waals surface area (Å²) < 4.78 is 1.17. The third kappa shape index (κ3) is 3.30. The lowest BCUT2D eigenvalue weighted by Crippen LogP contribution is -2.40. The van der Waals surface area contributed by atoms with E-state index in [0.29, 0.717) is 5.92 Å². The molecule has 1 aromatic heterocycles. The standard InChI is InChI=1S/C12H17BrN2OS/c1-2-9-6-15(4-3-12(9)14-16)7-11-5-10(13)8-17-11/h5,8-9,16H,2-4,6-7H2,1H3. The van der Waals surface area contributed by atoms with Crippen molar-refractivity contribution in [1.29, 1.82) is 0 Å². The molecule has 5 heteroatoms. The number of hydrogen-bond acceptors (Lipinski definition) is 4. The first-order valence-electron chi connectivity index (χ1n) is 5.89. The number of likely N-dealkylation sites (tertiary alicyclic amines) is 1. The van der Waals surface area contributed by atoms with Crippen LogP contribution in [0.2, 0.25) is 0 Å². The van der Waals surface area contributed by atoms with Crippen LogP contribution >= 0.6 is 27.3 Å². The molecule has 0 aromatic carbocycles. The molecule has 1 aromatic rings. The Hall–Kier alpha value is -0.390. The molecule has 1 fully saturated rings. The highest BCUT2D eigenvalue weighted by molar-refractivity contribution is 9.10. The van der Waals surface area contributed by atoms with E-state index in [4.69, 9.17) is 5.21 Å². The van der Waals surface area contributed by atoms with Gasteiger partial charge >= 0.3 is 0 Å². The van der Waals surface area contributed by atoms with Gasteiger partial charge in [-0.1, -0.05) is 12.1 Å². The van der Waals surface area contributed by atoms with Crippen LogP contribution in [-0.2, 0) is 6.54 Å². The van der Waals surface area contributed by atoms with Crippen molar-refractivity contribution in [3.05, 3.63) is 20.8 Å². The van der Waals surface area contributed by atoms with Gasteiger partial charge in [0.15, 0.2) is 0 Å². The number of nitrogens with zero attached hydrogens (tertiary/aromatic N) is 2. The minimum absolute atomic E-state index is 0.414. The van der Waals surface area contributed by atoms with Gasteiger partial charge in [-0.25, -0.2) is 0 Å². The summed E-state index contributed by atoms with van der Waals surface area (Å²) in [4.78, 5) is 3.83. The molecule has 1 aliphatic rings. The van der Waals surface area contributed by atoms with Gasteiger partial charge in [-0.05, 0) is 28.4 Å². The summed E-state index contributed by atoms with van der Waals surface area (Å²) in [5.41, 5.74) is 0.969. The Kier molecular flexibility index (Phi) is 4.59. The second kappa shape index (κ2) is 5.98. The van der Waals surface area contributed by atoms with Gasteiger partial charge in [-0.2, -0.15) is 0 Å². The van der Waals surface area contributed by atoms with Crippen LogP contribution in [0, 0.1) is 5.92 Å². The van der Waals surface area contributed by atoms with Crippen LogP contribution in [0.1, 0.15) is 24.6 Å². The lowest BCUT2D eigenvalue weighted by atomic mass is 9.93. The first-order valence-corrected chi connectivity index (χ1v) is 7.56. The van der Waals surface area contributed by atoms with Crippen molar-refractivity contribution >= 4 is 33.0 Å². The minimum atomic E-state index is 0.414. The first-order chi connectivity index (χ1) is 8.22. The lowest BCUT2D eigenvalue weighted by molar-refractivity contribution is 0.222. The quantitative estimate of drug-likeness (QED) is 0.683. The molecule has 1 N–H and O–H groups in total. The van der Waals surface area contributed by atoms with E-state index in [9.17, 15) is 0 Å². The van der Waals surface area contributed by atoms with E-state index >= 15 is 0 Å². The Morgan fingerprint density at radius 1 is 1.65 bits per heavy atom. The Bertz CT molecular complexity index is 405. The summed E-state index contributed by atoms with van der Waals surface area (Å²) in [7, 11) is 0. The maximum atomic E-state index is 8.94. The van der Waals surface area contributed by atoms with Crippen molar-refractivity contribution in [1.82, 2.24) is 4.90 Å². The van der Waals surface area contributed by atoms with E-state index in [2.05, 4.69) is 44.4 Å². The highest BCUT2D eigenvalue weighted by Crippen LogP contribution is 2.24. The topological polar surface area (TPSA) is 35.8 Å².